The summed E-state index contributed by atoms with van der Waals surface area (Å²) in [4.78, 5) is 0. The Balaban J connectivity index is 2.82. The number of nitrogens with two attached hydrogens (primary N) is 1. The molecule has 17 heavy (non-hydrogen) atoms. The predicted octanol–water partition coefficient (Wildman–Crippen LogP) is 2.21. The summed E-state index contributed by atoms with van der Waals surface area (Å²) in [5.74, 6) is 0. The van der Waals surface area contributed by atoms with Gasteiger partial charge in [0, 0.05) is 18.6 Å². The summed E-state index contributed by atoms with van der Waals surface area (Å²) >= 11 is 0. The standard InChI is InChI=1S/C12H16F3NO/c1-11(7-16,8-17)6-9-2-4-10(5-3-9)12(13,14)15/h2-5,17H,6-8,16H2,1H3. The lowest BCUT2D eigenvalue weighted by Crippen LogP contribution is -2.33. The molecule has 1 aromatic rings. The summed E-state index contributed by atoms with van der Waals surface area (Å²) in [6.45, 7) is 1.99. The summed E-state index contributed by atoms with van der Waals surface area (Å²) in [6, 6.07) is 4.94. The van der Waals surface area contributed by atoms with Crippen LogP contribution in [0.25, 0.3) is 0 Å². The quantitative estimate of drug-likeness (QED) is 0.856. The summed E-state index contributed by atoms with van der Waals surface area (Å²) in [6.07, 6.45) is -3.86. The molecule has 96 valence electrons. The van der Waals surface area contributed by atoms with Gasteiger partial charge in [-0.15, -0.1) is 0 Å². The van der Waals surface area contributed by atoms with Crippen LogP contribution in [0.5, 0.6) is 0 Å². The largest absolute Gasteiger partial charge is 0.416 e. The van der Waals surface area contributed by atoms with Gasteiger partial charge >= 0.3 is 6.18 Å². The van der Waals surface area contributed by atoms with Crippen molar-refractivity contribution in [2.45, 2.75) is 19.5 Å². The van der Waals surface area contributed by atoms with E-state index in [1.54, 1.807) is 6.92 Å². The van der Waals surface area contributed by atoms with Crippen molar-refractivity contribution in [1.82, 2.24) is 0 Å². The third-order valence-corrected chi connectivity index (χ3v) is 2.79. The molecule has 0 saturated heterocycles. The Hall–Kier alpha value is -1.07. The van der Waals surface area contributed by atoms with Crippen LogP contribution in [0.3, 0.4) is 0 Å². The van der Waals surface area contributed by atoms with E-state index < -0.39 is 17.2 Å². The molecule has 2 nitrogen and oxygen atoms in total. The van der Waals surface area contributed by atoms with Crippen LogP contribution in [0.4, 0.5) is 13.2 Å². The predicted molar refractivity (Wildman–Crippen MR) is 59.4 cm³/mol. The van der Waals surface area contributed by atoms with Gasteiger partial charge in [0.25, 0.3) is 0 Å². The molecule has 0 heterocycles. The first kappa shape index (κ1) is 14.0. The highest BCUT2D eigenvalue weighted by Crippen LogP contribution is 2.30. The average Bonchev–Trinajstić information content (AvgIpc) is 2.28. The van der Waals surface area contributed by atoms with Crippen LogP contribution in [0.15, 0.2) is 24.3 Å². The molecule has 0 bridgehead atoms. The molecular weight excluding hydrogens is 231 g/mol. The maximum atomic E-state index is 12.3. The van der Waals surface area contributed by atoms with Crippen molar-refractivity contribution in [1.29, 1.82) is 0 Å². The minimum Gasteiger partial charge on any atom is -0.396 e. The van der Waals surface area contributed by atoms with E-state index in [9.17, 15) is 18.3 Å². The smallest absolute Gasteiger partial charge is 0.396 e. The maximum absolute atomic E-state index is 12.3. The van der Waals surface area contributed by atoms with E-state index in [0.717, 1.165) is 17.7 Å². The van der Waals surface area contributed by atoms with Gasteiger partial charge in [-0.1, -0.05) is 19.1 Å². The van der Waals surface area contributed by atoms with Gasteiger partial charge in [0.2, 0.25) is 0 Å². The second-order valence-corrected chi connectivity index (χ2v) is 4.54. The number of hydrogen-bond donors (Lipinski definition) is 2. The molecule has 1 aromatic carbocycles. The van der Waals surface area contributed by atoms with Crippen molar-refractivity contribution in [3.63, 3.8) is 0 Å². The van der Waals surface area contributed by atoms with E-state index >= 15 is 0 Å². The Labute approximate surface area is 98.3 Å². The molecule has 1 unspecified atom stereocenters. The van der Waals surface area contributed by atoms with Crippen LogP contribution in [0.2, 0.25) is 0 Å². The molecule has 1 atom stereocenters. The first-order valence-electron chi connectivity index (χ1n) is 5.28. The number of rotatable bonds is 4. The fourth-order valence-corrected chi connectivity index (χ4v) is 1.50. The zero-order valence-corrected chi connectivity index (χ0v) is 9.59. The summed E-state index contributed by atoms with van der Waals surface area (Å²) < 4.78 is 37.0. The molecule has 0 aliphatic heterocycles. The van der Waals surface area contributed by atoms with E-state index in [4.69, 9.17) is 5.73 Å². The number of benzene rings is 1. The molecule has 0 aliphatic rings. The van der Waals surface area contributed by atoms with Gasteiger partial charge in [0.05, 0.1) is 5.56 Å². The van der Waals surface area contributed by atoms with Crippen molar-refractivity contribution < 1.29 is 18.3 Å². The van der Waals surface area contributed by atoms with E-state index in [0.29, 0.717) is 6.42 Å². The Morgan fingerprint density at radius 1 is 1.18 bits per heavy atom. The Morgan fingerprint density at radius 2 is 1.71 bits per heavy atom. The minimum absolute atomic E-state index is 0.0927. The van der Waals surface area contributed by atoms with Crippen LogP contribution in [0.1, 0.15) is 18.1 Å². The number of alkyl halides is 3. The summed E-state index contributed by atoms with van der Waals surface area (Å²) in [5, 5.41) is 9.17. The van der Waals surface area contributed by atoms with Crippen LogP contribution >= 0.6 is 0 Å². The molecule has 0 aliphatic carbocycles. The molecular formula is C12H16F3NO. The zero-order chi connectivity index (χ0) is 13.1. The van der Waals surface area contributed by atoms with Gasteiger partial charge in [-0.2, -0.15) is 13.2 Å². The Kier molecular flexibility index (Phi) is 4.16. The minimum atomic E-state index is -4.31. The summed E-state index contributed by atoms with van der Waals surface area (Å²) in [5.41, 5.74) is 5.11. The van der Waals surface area contributed by atoms with Crippen LogP contribution in [-0.4, -0.2) is 18.3 Å². The lowest BCUT2D eigenvalue weighted by Gasteiger charge is -2.25. The molecule has 0 saturated carbocycles. The molecule has 0 fully saturated rings. The molecule has 0 radical (unpaired) electrons. The van der Waals surface area contributed by atoms with E-state index in [-0.39, 0.29) is 13.2 Å². The van der Waals surface area contributed by atoms with E-state index in [2.05, 4.69) is 0 Å². The zero-order valence-electron chi connectivity index (χ0n) is 9.59. The van der Waals surface area contributed by atoms with Gasteiger partial charge < -0.3 is 10.8 Å². The SMILES string of the molecule is CC(CN)(CO)Cc1ccc(C(F)(F)F)cc1. The van der Waals surface area contributed by atoms with Gasteiger partial charge in [-0.25, -0.2) is 0 Å². The van der Waals surface area contributed by atoms with Crippen molar-refractivity contribution in [2.75, 3.05) is 13.2 Å². The van der Waals surface area contributed by atoms with Gasteiger partial charge in [-0.3, -0.25) is 0 Å². The molecule has 0 amide bonds. The highest BCUT2D eigenvalue weighted by atomic mass is 19.4. The topological polar surface area (TPSA) is 46.2 Å². The molecule has 0 aromatic heterocycles. The van der Waals surface area contributed by atoms with E-state index in [1.165, 1.54) is 12.1 Å². The van der Waals surface area contributed by atoms with Gasteiger partial charge in [-0.05, 0) is 24.1 Å². The normalized spacial score (nSPS) is 15.6. The third-order valence-electron chi connectivity index (χ3n) is 2.79. The van der Waals surface area contributed by atoms with Crippen LogP contribution < -0.4 is 5.73 Å². The number of hydrogen-bond acceptors (Lipinski definition) is 2. The monoisotopic (exact) mass is 247 g/mol. The van der Waals surface area contributed by atoms with Crippen LogP contribution in [0, 0.1) is 5.41 Å². The Bertz CT molecular complexity index is 355. The number of aliphatic hydroxyl groups excluding tert-OH is 1. The molecule has 1 rings (SSSR count). The fraction of sp³-hybridized carbons (Fsp3) is 0.500. The number of halogens is 3. The van der Waals surface area contributed by atoms with Gasteiger partial charge in [0.15, 0.2) is 0 Å². The average molecular weight is 247 g/mol. The van der Waals surface area contributed by atoms with Crippen molar-refractivity contribution >= 4 is 0 Å². The van der Waals surface area contributed by atoms with Gasteiger partial charge in [0.1, 0.15) is 0 Å². The Morgan fingerprint density at radius 3 is 2.06 bits per heavy atom. The molecule has 3 N–H and O–H groups in total. The van der Waals surface area contributed by atoms with Crippen molar-refractivity contribution in [3.8, 4) is 0 Å². The first-order valence-corrected chi connectivity index (χ1v) is 5.28. The second kappa shape index (κ2) is 5.06. The third kappa shape index (κ3) is 3.71. The maximum Gasteiger partial charge on any atom is 0.416 e. The molecule has 0 spiro atoms. The lowest BCUT2D eigenvalue weighted by atomic mass is 9.84. The number of aliphatic hydroxyl groups is 1. The first-order chi connectivity index (χ1) is 7.80. The lowest BCUT2D eigenvalue weighted by molar-refractivity contribution is -0.137. The van der Waals surface area contributed by atoms with Crippen molar-refractivity contribution in [3.05, 3.63) is 35.4 Å². The molecule has 5 heteroatoms. The summed E-state index contributed by atoms with van der Waals surface area (Å²) in [7, 11) is 0. The van der Waals surface area contributed by atoms with Crippen LogP contribution in [-0.2, 0) is 12.6 Å². The van der Waals surface area contributed by atoms with Crippen molar-refractivity contribution in [2.24, 2.45) is 11.1 Å². The highest BCUT2D eigenvalue weighted by Gasteiger charge is 2.30. The van der Waals surface area contributed by atoms with E-state index in [1.807, 2.05) is 0 Å². The highest BCUT2D eigenvalue weighted by molar-refractivity contribution is 5.25. The second-order valence-electron chi connectivity index (χ2n) is 4.54. The fourth-order valence-electron chi connectivity index (χ4n) is 1.50.